The smallest absolute Gasteiger partial charge is 0.221 e. The molecule has 7 nitrogen and oxygen atoms in total. The maximum atomic E-state index is 14.8. The number of Topliss-reactive ketones (excluding diaryl/α,β-unsaturated/α-hetero) is 1. The second-order valence-corrected chi connectivity index (χ2v) is 5.45. The maximum absolute atomic E-state index is 14.8. The van der Waals surface area contributed by atoms with Gasteiger partial charge in [-0.1, -0.05) is 17.4 Å². The fourth-order valence-corrected chi connectivity index (χ4v) is 2.45. The lowest BCUT2D eigenvalue weighted by atomic mass is 10.1. The summed E-state index contributed by atoms with van der Waals surface area (Å²) in [5.74, 6) is -1.86. The highest BCUT2D eigenvalue weighted by Crippen LogP contribution is 2.29. The van der Waals surface area contributed by atoms with Gasteiger partial charge in [-0.05, 0) is 13.6 Å². The van der Waals surface area contributed by atoms with Gasteiger partial charge in [-0.2, -0.15) is 0 Å². The van der Waals surface area contributed by atoms with Crippen molar-refractivity contribution in [3.8, 4) is 0 Å². The molecule has 0 radical (unpaired) electrons. The molecule has 26 heavy (non-hydrogen) atoms. The van der Waals surface area contributed by atoms with Crippen LogP contribution in [0.3, 0.4) is 0 Å². The van der Waals surface area contributed by atoms with Gasteiger partial charge in [0.25, 0.3) is 0 Å². The highest BCUT2D eigenvalue weighted by Gasteiger charge is 2.19. The SMILES string of the molecule is C=Nc1cc(F)c(Cn2nnc3ncc(C(C)=O)nc32)c(F)c1/C=C\C. The second kappa shape index (κ2) is 6.87. The van der Waals surface area contributed by atoms with Crippen LogP contribution in [0.1, 0.15) is 35.5 Å². The Morgan fingerprint density at radius 2 is 2.19 bits per heavy atom. The number of hydrogen-bond donors (Lipinski definition) is 0. The molecule has 0 bridgehead atoms. The third-order valence-electron chi connectivity index (χ3n) is 3.73. The van der Waals surface area contributed by atoms with Gasteiger partial charge in [0.2, 0.25) is 5.65 Å². The molecule has 2 heterocycles. The van der Waals surface area contributed by atoms with Crippen LogP contribution < -0.4 is 0 Å². The molecule has 0 amide bonds. The third-order valence-corrected chi connectivity index (χ3v) is 3.73. The van der Waals surface area contributed by atoms with Crippen LogP contribution >= 0.6 is 0 Å². The van der Waals surface area contributed by atoms with E-state index in [0.29, 0.717) is 0 Å². The zero-order valence-corrected chi connectivity index (χ0v) is 14.1. The minimum atomic E-state index is -0.794. The number of aliphatic imine (C=N–C) groups is 1. The first-order valence-electron chi connectivity index (χ1n) is 7.63. The summed E-state index contributed by atoms with van der Waals surface area (Å²) in [7, 11) is 0. The van der Waals surface area contributed by atoms with E-state index in [9.17, 15) is 13.6 Å². The molecule has 3 rings (SSSR count). The molecule has 3 aromatic rings. The topological polar surface area (TPSA) is 85.9 Å². The number of fused-ring (bicyclic) bond motifs is 1. The molecule has 0 aliphatic rings. The number of hydrogen-bond acceptors (Lipinski definition) is 6. The summed E-state index contributed by atoms with van der Waals surface area (Å²) in [5, 5.41) is 7.64. The van der Waals surface area contributed by atoms with Gasteiger partial charge in [-0.3, -0.25) is 9.79 Å². The predicted molar refractivity (Wildman–Crippen MR) is 92.5 cm³/mol. The molecule has 9 heteroatoms. The van der Waals surface area contributed by atoms with E-state index in [-0.39, 0.29) is 46.1 Å². The number of nitrogens with zero attached hydrogens (tertiary/aromatic N) is 6. The first kappa shape index (κ1) is 17.5. The van der Waals surface area contributed by atoms with Crippen LogP contribution in [-0.2, 0) is 6.54 Å². The van der Waals surface area contributed by atoms with Crippen molar-refractivity contribution < 1.29 is 13.6 Å². The summed E-state index contributed by atoms with van der Waals surface area (Å²) in [4.78, 5) is 23.2. The highest BCUT2D eigenvalue weighted by atomic mass is 19.1. The van der Waals surface area contributed by atoms with Crippen molar-refractivity contribution in [2.45, 2.75) is 20.4 Å². The fraction of sp³-hybridized carbons (Fsp3) is 0.176. The van der Waals surface area contributed by atoms with Crippen molar-refractivity contribution in [1.29, 1.82) is 0 Å². The number of rotatable bonds is 5. The average molecular weight is 356 g/mol. The lowest BCUT2D eigenvalue weighted by Gasteiger charge is -2.10. The lowest BCUT2D eigenvalue weighted by Crippen LogP contribution is -2.09. The standard InChI is InChI=1S/C17H14F2N6O/c1-4-5-10-13(20-3)6-12(18)11(15(10)19)8-25-17-16(23-24-25)21-7-14(22-17)9(2)26/h4-7H,3,8H2,1-2H3/b5-4-. The molecule has 0 fully saturated rings. The van der Waals surface area contributed by atoms with Crippen molar-refractivity contribution in [3.63, 3.8) is 0 Å². The molecule has 132 valence electrons. The van der Waals surface area contributed by atoms with Crippen molar-refractivity contribution in [3.05, 3.63) is 46.8 Å². The van der Waals surface area contributed by atoms with Crippen LogP contribution in [0.25, 0.3) is 17.4 Å². The first-order valence-corrected chi connectivity index (χ1v) is 7.63. The van der Waals surface area contributed by atoms with E-state index in [0.717, 1.165) is 6.07 Å². The number of aromatic nitrogens is 5. The third kappa shape index (κ3) is 2.99. The van der Waals surface area contributed by atoms with E-state index in [1.165, 1.54) is 23.9 Å². The molecular formula is C17H14F2N6O. The first-order chi connectivity index (χ1) is 12.5. The molecule has 2 aromatic heterocycles. The summed E-state index contributed by atoms with van der Waals surface area (Å²) >= 11 is 0. The second-order valence-electron chi connectivity index (χ2n) is 5.45. The van der Waals surface area contributed by atoms with Crippen molar-refractivity contribution >= 4 is 35.6 Å². The monoisotopic (exact) mass is 356 g/mol. The van der Waals surface area contributed by atoms with Crippen LogP contribution in [-0.4, -0.2) is 37.5 Å². The van der Waals surface area contributed by atoms with Gasteiger partial charge < -0.3 is 0 Å². The molecular weight excluding hydrogens is 342 g/mol. The minimum absolute atomic E-state index is 0.101. The summed E-state index contributed by atoms with van der Waals surface area (Å²) in [6, 6.07) is 1.10. The maximum Gasteiger partial charge on any atom is 0.221 e. The molecule has 0 atom stereocenters. The number of carbonyl (C=O) groups excluding carboxylic acids is 1. The van der Waals surface area contributed by atoms with Gasteiger partial charge in [0.1, 0.15) is 17.3 Å². The van der Waals surface area contributed by atoms with Crippen molar-refractivity contribution in [2.75, 3.05) is 0 Å². The molecule has 0 saturated heterocycles. The van der Waals surface area contributed by atoms with Crippen molar-refractivity contribution in [2.24, 2.45) is 4.99 Å². The van der Waals surface area contributed by atoms with Crippen LogP contribution in [0, 0.1) is 11.6 Å². The zero-order valence-electron chi connectivity index (χ0n) is 14.1. The van der Waals surface area contributed by atoms with E-state index in [4.69, 9.17) is 0 Å². The average Bonchev–Trinajstić information content (AvgIpc) is 3.02. The Morgan fingerprint density at radius 3 is 2.85 bits per heavy atom. The van der Waals surface area contributed by atoms with Crippen LogP contribution in [0.2, 0.25) is 0 Å². The summed E-state index contributed by atoms with van der Waals surface area (Å²) in [6.45, 7) is 6.11. The number of allylic oxidation sites excluding steroid dienone is 1. The summed E-state index contributed by atoms with van der Waals surface area (Å²) < 4.78 is 30.4. The molecule has 0 aliphatic carbocycles. The zero-order chi connectivity index (χ0) is 18.8. The van der Waals surface area contributed by atoms with E-state index < -0.39 is 11.6 Å². The van der Waals surface area contributed by atoms with E-state index in [1.807, 2.05) is 0 Å². The van der Waals surface area contributed by atoms with Gasteiger partial charge in [0, 0.05) is 24.1 Å². The van der Waals surface area contributed by atoms with Gasteiger partial charge in [-0.15, -0.1) is 5.10 Å². The Morgan fingerprint density at radius 1 is 1.42 bits per heavy atom. The van der Waals surface area contributed by atoms with Crippen molar-refractivity contribution in [1.82, 2.24) is 25.0 Å². The molecule has 0 unspecified atom stereocenters. The Balaban J connectivity index is 2.13. The lowest BCUT2D eigenvalue weighted by molar-refractivity contribution is 0.101. The number of benzene rings is 1. The van der Waals surface area contributed by atoms with Gasteiger partial charge in [-0.25, -0.2) is 23.4 Å². The quantitative estimate of drug-likeness (QED) is 0.518. The Kier molecular flexibility index (Phi) is 4.61. The molecule has 0 N–H and O–H groups in total. The van der Waals surface area contributed by atoms with Crippen LogP contribution in [0.5, 0.6) is 0 Å². The van der Waals surface area contributed by atoms with Crippen LogP contribution in [0.15, 0.2) is 23.3 Å². The van der Waals surface area contributed by atoms with Gasteiger partial charge in [0.15, 0.2) is 11.4 Å². The highest BCUT2D eigenvalue weighted by molar-refractivity contribution is 5.92. The van der Waals surface area contributed by atoms with Crippen LogP contribution in [0.4, 0.5) is 14.5 Å². The van der Waals surface area contributed by atoms with E-state index in [1.54, 1.807) is 13.0 Å². The number of halogens is 2. The summed E-state index contributed by atoms with van der Waals surface area (Å²) in [6.07, 6.45) is 4.37. The van der Waals surface area contributed by atoms with Gasteiger partial charge in [0.05, 0.1) is 18.4 Å². The van der Waals surface area contributed by atoms with E-state index in [2.05, 4.69) is 32.0 Å². The molecule has 0 aliphatic heterocycles. The van der Waals surface area contributed by atoms with Gasteiger partial charge >= 0.3 is 0 Å². The molecule has 0 saturated carbocycles. The minimum Gasteiger partial charge on any atom is -0.293 e. The molecule has 0 spiro atoms. The number of ketones is 1. The summed E-state index contributed by atoms with van der Waals surface area (Å²) in [5.41, 5.74) is 0.446. The normalized spacial score (nSPS) is 11.4. The fourth-order valence-electron chi connectivity index (χ4n) is 2.45. The molecule has 1 aromatic carbocycles. The largest absolute Gasteiger partial charge is 0.293 e. The Hall–Kier alpha value is -3.36. The number of carbonyl (C=O) groups is 1. The van der Waals surface area contributed by atoms with E-state index >= 15 is 0 Å². The predicted octanol–water partition coefficient (Wildman–Crippen LogP) is 3.12. The Bertz CT molecular complexity index is 1060. The Labute approximate surface area is 147 Å².